The summed E-state index contributed by atoms with van der Waals surface area (Å²) in [5.74, 6) is -5.81. The van der Waals surface area contributed by atoms with Gasteiger partial charge in [-0.2, -0.15) is 0 Å². The molecule has 0 radical (unpaired) electrons. The Kier molecular flexibility index (Phi) is 13.3. The van der Waals surface area contributed by atoms with E-state index in [1.165, 1.54) is 36.4 Å². The van der Waals surface area contributed by atoms with E-state index in [4.69, 9.17) is 32.7 Å². The number of rotatable bonds is 10. The van der Waals surface area contributed by atoms with Crippen LogP contribution in [0.4, 0.5) is 27.5 Å². The summed E-state index contributed by atoms with van der Waals surface area (Å²) in [6.45, 7) is 0.0967. The summed E-state index contributed by atoms with van der Waals surface area (Å²) in [6, 6.07) is 20.1. The van der Waals surface area contributed by atoms with E-state index < -0.39 is 41.6 Å². The molecule has 4 aromatic carbocycles. The zero-order chi connectivity index (χ0) is 37.8. The van der Waals surface area contributed by atoms with Gasteiger partial charge in [0, 0.05) is 34.5 Å². The van der Waals surface area contributed by atoms with E-state index >= 15 is 0 Å². The van der Waals surface area contributed by atoms with E-state index in [1.807, 2.05) is 0 Å². The highest BCUT2D eigenvalue weighted by Crippen LogP contribution is 2.24. The molecular weight excluding hydrogens is 719 g/mol. The predicted octanol–water partition coefficient (Wildman–Crippen LogP) is 4.72. The molecule has 0 bridgehead atoms. The lowest BCUT2D eigenvalue weighted by Gasteiger charge is -2.14. The Balaban J connectivity index is 1.39. The minimum absolute atomic E-state index is 0.0483. The highest BCUT2D eigenvalue weighted by Gasteiger charge is 2.21. The molecule has 0 saturated heterocycles. The number of urea groups is 1. The van der Waals surface area contributed by atoms with E-state index in [2.05, 4.69) is 31.9 Å². The van der Waals surface area contributed by atoms with Gasteiger partial charge in [0.15, 0.2) is 0 Å². The van der Waals surface area contributed by atoms with Crippen molar-refractivity contribution in [2.24, 2.45) is 0 Å². The predicted molar refractivity (Wildman–Crippen MR) is 192 cm³/mol. The molecule has 6 amide bonds. The van der Waals surface area contributed by atoms with Gasteiger partial charge in [0.2, 0.25) is 0 Å². The number of hydrogen-bond acceptors (Lipinski definition) is 9. The van der Waals surface area contributed by atoms with Gasteiger partial charge in [-0.05, 0) is 71.8 Å². The molecule has 0 spiro atoms. The van der Waals surface area contributed by atoms with Crippen LogP contribution < -0.4 is 31.9 Å². The third kappa shape index (κ3) is 10.8. The smallest absolute Gasteiger partial charge is 0.340 e. The van der Waals surface area contributed by atoms with Gasteiger partial charge in [0.05, 0.1) is 36.7 Å². The molecule has 0 aliphatic rings. The zero-order valence-electron chi connectivity index (χ0n) is 27.4. The molecule has 0 atom stereocenters. The molecule has 4 aromatic rings. The maximum Gasteiger partial charge on any atom is 0.340 e. The molecule has 0 fully saturated rings. The number of carbonyl (C=O) groups is 7. The van der Waals surface area contributed by atoms with Crippen molar-refractivity contribution in [1.82, 2.24) is 10.6 Å². The fourth-order valence-electron chi connectivity index (χ4n) is 4.40. The lowest BCUT2D eigenvalue weighted by Crippen LogP contribution is -2.35. The summed E-state index contributed by atoms with van der Waals surface area (Å²) >= 11 is 11.7. The Labute approximate surface area is 306 Å². The van der Waals surface area contributed by atoms with Crippen molar-refractivity contribution in [3.63, 3.8) is 0 Å². The second kappa shape index (κ2) is 18.0. The van der Waals surface area contributed by atoms with Crippen LogP contribution in [0.3, 0.4) is 0 Å². The monoisotopic (exact) mass is 748 g/mol. The fraction of sp³-hybridized carbons (Fsp3) is 0.114. The SMILES string of the molecule is COC(=O)c1cc(NC(=O)Nc2ccc(NC(=O)C(=O)NCc3ccc(Cl)cc3)c(C(=O)OC)c2)ccc1NC(=O)C(=O)NCc1ccc(Cl)cc1. The highest BCUT2D eigenvalue weighted by molar-refractivity contribution is 6.40. The minimum Gasteiger partial charge on any atom is -0.465 e. The van der Waals surface area contributed by atoms with Crippen LogP contribution in [-0.2, 0) is 41.7 Å². The summed E-state index contributed by atoms with van der Waals surface area (Å²) in [4.78, 5) is 87.9. The summed E-state index contributed by atoms with van der Waals surface area (Å²) in [5, 5.41) is 15.7. The average Bonchev–Trinajstić information content (AvgIpc) is 3.14. The Morgan fingerprint density at radius 2 is 0.865 bits per heavy atom. The van der Waals surface area contributed by atoms with Gasteiger partial charge in [-0.3, -0.25) is 19.2 Å². The van der Waals surface area contributed by atoms with Crippen LogP contribution in [0.15, 0.2) is 84.9 Å². The fourth-order valence-corrected chi connectivity index (χ4v) is 4.65. The lowest BCUT2D eigenvalue weighted by atomic mass is 10.1. The first kappa shape index (κ1) is 38.4. The molecule has 0 aliphatic carbocycles. The third-order valence-electron chi connectivity index (χ3n) is 7.01. The molecule has 0 saturated carbocycles. The summed E-state index contributed by atoms with van der Waals surface area (Å²) in [7, 11) is 2.22. The van der Waals surface area contributed by atoms with Gasteiger partial charge in [-0.25, -0.2) is 14.4 Å². The molecule has 0 unspecified atom stereocenters. The van der Waals surface area contributed by atoms with Gasteiger partial charge < -0.3 is 41.4 Å². The Morgan fingerprint density at radius 1 is 0.500 bits per heavy atom. The standard InChI is InChI=1S/C35H30Cl2N6O9/c1-51-33(48)25-15-23(11-13-27(25)42-31(46)29(44)38-17-19-3-7-21(36)8-4-19)40-35(50)41-24-12-14-28(26(16-24)34(49)52-2)43-32(47)30(45)39-18-20-5-9-22(37)10-6-20/h3-16H,17-18H2,1-2H3,(H,38,44)(H,39,45)(H,42,46)(H,43,47)(H2,40,41,50). The quantitative estimate of drug-likeness (QED) is 0.0978. The van der Waals surface area contributed by atoms with Gasteiger partial charge >= 0.3 is 41.6 Å². The van der Waals surface area contributed by atoms with Crippen LogP contribution in [0.2, 0.25) is 10.0 Å². The normalized spacial score (nSPS) is 10.2. The van der Waals surface area contributed by atoms with E-state index in [0.717, 1.165) is 14.2 Å². The number of halogens is 2. The molecule has 0 aliphatic heterocycles. The molecule has 268 valence electrons. The molecule has 15 nitrogen and oxygen atoms in total. The van der Waals surface area contributed by atoms with Gasteiger partial charge in [0.25, 0.3) is 0 Å². The molecule has 0 aromatic heterocycles. The number of ether oxygens (including phenoxy) is 2. The number of esters is 2. The van der Waals surface area contributed by atoms with Crippen LogP contribution in [0.5, 0.6) is 0 Å². The summed E-state index contributed by atoms with van der Waals surface area (Å²) in [5.41, 5.74) is 1.09. The molecule has 4 rings (SSSR count). The number of carbonyl (C=O) groups excluding carboxylic acids is 7. The molecule has 52 heavy (non-hydrogen) atoms. The van der Waals surface area contributed by atoms with Crippen molar-refractivity contribution in [2.45, 2.75) is 13.1 Å². The van der Waals surface area contributed by atoms with E-state index in [-0.39, 0.29) is 47.0 Å². The second-order valence-corrected chi connectivity index (χ2v) is 11.5. The van der Waals surface area contributed by atoms with Crippen molar-refractivity contribution in [3.05, 3.63) is 117 Å². The van der Waals surface area contributed by atoms with Crippen LogP contribution in [0.1, 0.15) is 31.8 Å². The van der Waals surface area contributed by atoms with E-state index in [0.29, 0.717) is 21.2 Å². The Morgan fingerprint density at radius 3 is 1.21 bits per heavy atom. The number of benzene rings is 4. The molecule has 6 N–H and O–H groups in total. The van der Waals surface area contributed by atoms with E-state index in [1.54, 1.807) is 48.5 Å². The van der Waals surface area contributed by atoms with Gasteiger partial charge in [0.1, 0.15) is 0 Å². The van der Waals surface area contributed by atoms with Crippen molar-refractivity contribution in [1.29, 1.82) is 0 Å². The van der Waals surface area contributed by atoms with Gasteiger partial charge in [-0.1, -0.05) is 47.5 Å². The Bertz CT molecular complexity index is 1880. The lowest BCUT2D eigenvalue weighted by molar-refractivity contribution is -0.136. The minimum atomic E-state index is -1.06. The summed E-state index contributed by atoms with van der Waals surface area (Å²) in [6.07, 6.45) is 0. The van der Waals surface area contributed by atoms with Crippen molar-refractivity contribution < 1.29 is 43.0 Å². The van der Waals surface area contributed by atoms with Gasteiger partial charge in [-0.15, -0.1) is 0 Å². The zero-order valence-corrected chi connectivity index (χ0v) is 28.9. The first-order chi connectivity index (χ1) is 24.9. The summed E-state index contributed by atoms with van der Waals surface area (Å²) < 4.78 is 9.59. The third-order valence-corrected chi connectivity index (χ3v) is 7.51. The maximum atomic E-state index is 12.9. The van der Waals surface area contributed by atoms with Crippen molar-refractivity contribution >= 4 is 87.5 Å². The molecular formula is C35H30Cl2N6O9. The largest absolute Gasteiger partial charge is 0.465 e. The number of nitrogens with one attached hydrogen (secondary N) is 6. The van der Waals surface area contributed by atoms with Crippen LogP contribution in [0, 0.1) is 0 Å². The maximum absolute atomic E-state index is 12.9. The molecule has 0 heterocycles. The number of hydrogen-bond donors (Lipinski definition) is 6. The first-order valence-corrected chi connectivity index (χ1v) is 15.8. The van der Waals surface area contributed by atoms with E-state index in [9.17, 15) is 33.6 Å². The highest BCUT2D eigenvalue weighted by atomic mass is 35.5. The number of anilines is 4. The Hall–Kier alpha value is -6.45. The van der Waals surface area contributed by atoms with Crippen molar-refractivity contribution in [2.75, 3.05) is 35.5 Å². The second-order valence-electron chi connectivity index (χ2n) is 10.6. The molecule has 17 heteroatoms. The van der Waals surface area contributed by atoms with Crippen LogP contribution in [0.25, 0.3) is 0 Å². The van der Waals surface area contributed by atoms with Crippen LogP contribution in [-0.4, -0.2) is 55.8 Å². The number of amides is 6. The van der Waals surface area contributed by atoms with Crippen molar-refractivity contribution in [3.8, 4) is 0 Å². The first-order valence-electron chi connectivity index (χ1n) is 15.1. The number of methoxy groups -OCH3 is 2. The topological polar surface area (TPSA) is 210 Å². The van der Waals surface area contributed by atoms with Crippen LogP contribution >= 0.6 is 23.2 Å². The average molecular weight is 750 g/mol.